The van der Waals surface area contributed by atoms with Crippen LogP contribution in [-0.4, -0.2) is 12.1 Å². The van der Waals surface area contributed by atoms with Crippen LogP contribution in [-0.2, 0) is 5.41 Å². The molecule has 0 spiro atoms. The molecule has 3 unspecified atom stereocenters. The maximum absolute atomic E-state index is 6.25. The number of rotatable bonds is 3. The first-order valence-electron chi connectivity index (χ1n) is 7.72. The Labute approximate surface area is 123 Å². The maximum atomic E-state index is 6.25. The van der Waals surface area contributed by atoms with Gasteiger partial charge in [-0.05, 0) is 36.0 Å². The van der Waals surface area contributed by atoms with Gasteiger partial charge in [0.15, 0.2) is 0 Å². The van der Waals surface area contributed by atoms with Crippen molar-refractivity contribution in [1.82, 2.24) is 0 Å². The number of aryl methyl sites for hydroxylation is 1. The molecule has 1 aliphatic carbocycles. The van der Waals surface area contributed by atoms with Crippen LogP contribution < -0.4 is 10.5 Å². The first kappa shape index (κ1) is 15.4. The van der Waals surface area contributed by atoms with Crippen LogP contribution in [0.2, 0.25) is 0 Å². The molecular weight excluding hydrogens is 246 g/mol. The van der Waals surface area contributed by atoms with Crippen LogP contribution in [0, 0.1) is 12.3 Å². The molecule has 0 heterocycles. The first-order chi connectivity index (χ1) is 9.18. The van der Waals surface area contributed by atoms with E-state index in [0.717, 1.165) is 18.6 Å². The zero-order valence-corrected chi connectivity index (χ0v) is 13.8. The fourth-order valence-corrected chi connectivity index (χ4v) is 2.92. The normalized spacial score (nSPS) is 29.9. The maximum Gasteiger partial charge on any atom is 0.122 e. The summed E-state index contributed by atoms with van der Waals surface area (Å²) in [4.78, 5) is 0. The molecule has 20 heavy (non-hydrogen) atoms. The zero-order chi connectivity index (χ0) is 15.1. The van der Waals surface area contributed by atoms with Crippen molar-refractivity contribution >= 4 is 0 Å². The van der Waals surface area contributed by atoms with Crippen LogP contribution in [0.1, 0.15) is 58.6 Å². The Morgan fingerprint density at radius 2 is 2.00 bits per heavy atom. The van der Waals surface area contributed by atoms with E-state index in [1.807, 2.05) is 0 Å². The molecule has 112 valence electrons. The highest BCUT2D eigenvalue weighted by Crippen LogP contribution is 2.45. The summed E-state index contributed by atoms with van der Waals surface area (Å²) in [5.74, 6) is 1.01. The molecule has 2 rings (SSSR count). The third-order valence-corrected chi connectivity index (χ3v) is 5.12. The second-order valence-electron chi connectivity index (χ2n) is 7.54. The van der Waals surface area contributed by atoms with Crippen molar-refractivity contribution in [3.63, 3.8) is 0 Å². The Bertz CT molecular complexity index is 489. The van der Waals surface area contributed by atoms with Gasteiger partial charge in [0.25, 0.3) is 0 Å². The average Bonchev–Trinajstić information content (AvgIpc) is 2.38. The summed E-state index contributed by atoms with van der Waals surface area (Å²) in [5.41, 5.74) is 9.02. The van der Waals surface area contributed by atoms with E-state index in [-0.39, 0.29) is 23.0 Å². The van der Waals surface area contributed by atoms with Crippen LogP contribution in [0.5, 0.6) is 5.75 Å². The molecule has 0 saturated heterocycles. The molecule has 0 aromatic heterocycles. The van der Waals surface area contributed by atoms with Crippen molar-refractivity contribution in [2.24, 2.45) is 11.1 Å². The lowest BCUT2D eigenvalue weighted by molar-refractivity contribution is -0.0563. The largest absolute Gasteiger partial charge is 0.489 e. The van der Waals surface area contributed by atoms with Crippen LogP contribution in [0.3, 0.4) is 0 Å². The molecular formula is C18H29NO. The lowest BCUT2D eigenvalue weighted by Gasteiger charge is -2.51. The molecule has 0 bridgehead atoms. The van der Waals surface area contributed by atoms with Crippen molar-refractivity contribution in [2.45, 2.75) is 71.9 Å². The fraction of sp³-hybridized carbons (Fsp3) is 0.667. The van der Waals surface area contributed by atoms with Gasteiger partial charge in [-0.1, -0.05) is 46.8 Å². The predicted octanol–water partition coefficient (Wildman–Crippen LogP) is 4.19. The molecule has 1 aromatic carbocycles. The van der Waals surface area contributed by atoms with Gasteiger partial charge in [0.1, 0.15) is 11.9 Å². The minimum Gasteiger partial charge on any atom is -0.489 e. The van der Waals surface area contributed by atoms with E-state index >= 15 is 0 Å². The Morgan fingerprint density at radius 3 is 2.45 bits per heavy atom. The Morgan fingerprint density at radius 1 is 1.35 bits per heavy atom. The highest BCUT2D eigenvalue weighted by atomic mass is 16.5. The monoisotopic (exact) mass is 275 g/mol. The van der Waals surface area contributed by atoms with Gasteiger partial charge in [0.05, 0.1) is 0 Å². The lowest BCUT2D eigenvalue weighted by atomic mass is 9.62. The lowest BCUT2D eigenvalue weighted by Crippen LogP contribution is -2.61. The van der Waals surface area contributed by atoms with Crippen molar-refractivity contribution in [1.29, 1.82) is 0 Å². The summed E-state index contributed by atoms with van der Waals surface area (Å²) >= 11 is 0. The second-order valence-corrected chi connectivity index (χ2v) is 7.54. The molecule has 3 atom stereocenters. The summed E-state index contributed by atoms with van der Waals surface area (Å²) in [5, 5.41) is 0. The van der Waals surface area contributed by atoms with E-state index in [1.54, 1.807) is 0 Å². The molecule has 0 radical (unpaired) electrons. The van der Waals surface area contributed by atoms with Gasteiger partial charge < -0.3 is 10.5 Å². The molecule has 0 aliphatic heterocycles. The number of ether oxygens (including phenoxy) is 1. The third-order valence-electron chi connectivity index (χ3n) is 5.12. The molecule has 2 nitrogen and oxygen atoms in total. The van der Waals surface area contributed by atoms with E-state index in [0.29, 0.717) is 0 Å². The standard InChI is InChI=1S/C18H29NO/c1-7-18(6)15(19)11-16(18)20-14-9-8-13(10-12(14)2)17(3,4)5/h8-10,15-16H,7,11,19H2,1-6H3. The molecule has 1 saturated carbocycles. The molecule has 0 amide bonds. The average molecular weight is 275 g/mol. The van der Waals surface area contributed by atoms with E-state index in [4.69, 9.17) is 10.5 Å². The summed E-state index contributed by atoms with van der Waals surface area (Å²) in [6.07, 6.45) is 2.28. The van der Waals surface area contributed by atoms with Gasteiger partial charge in [0, 0.05) is 17.9 Å². The topological polar surface area (TPSA) is 35.2 Å². The Kier molecular flexibility index (Phi) is 3.90. The van der Waals surface area contributed by atoms with Crippen molar-refractivity contribution < 1.29 is 4.74 Å². The van der Waals surface area contributed by atoms with Crippen molar-refractivity contribution in [3.8, 4) is 5.75 Å². The Balaban J connectivity index is 2.16. The van der Waals surface area contributed by atoms with Crippen LogP contribution in [0.4, 0.5) is 0 Å². The van der Waals surface area contributed by atoms with E-state index in [2.05, 4.69) is 59.7 Å². The van der Waals surface area contributed by atoms with Crippen LogP contribution >= 0.6 is 0 Å². The van der Waals surface area contributed by atoms with E-state index in [1.165, 1.54) is 11.1 Å². The summed E-state index contributed by atoms with van der Waals surface area (Å²) in [6.45, 7) is 13.3. The molecule has 2 N–H and O–H groups in total. The van der Waals surface area contributed by atoms with Gasteiger partial charge in [-0.25, -0.2) is 0 Å². The molecule has 1 aliphatic rings. The third kappa shape index (κ3) is 2.58. The van der Waals surface area contributed by atoms with Gasteiger partial charge >= 0.3 is 0 Å². The van der Waals surface area contributed by atoms with Gasteiger partial charge in [-0.15, -0.1) is 0 Å². The SMILES string of the molecule is CCC1(C)C(N)CC1Oc1ccc(C(C)(C)C)cc1C. The van der Waals surface area contributed by atoms with E-state index in [9.17, 15) is 0 Å². The van der Waals surface area contributed by atoms with Gasteiger partial charge in [-0.3, -0.25) is 0 Å². The Hall–Kier alpha value is -1.02. The molecule has 2 heteroatoms. The molecule has 1 aromatic rings. The minimum atomic E-state index is 0.120. The van der Waals surface area contributed by atoms with Crippen LogP contribution in [0.15, 0.2) is 18.2 Å². The van der Waals surface area contributed by atoms with Gasteiger partial charge in [0.2, 0.25) is 0 Å². The number of nitrogens with two attached hydrogens (primary N) is 1. The predicted molar refractivity (Wildman–Crippen MR) is 85.3 cm³/mol. The number of hydrogen-bond acceptors (Lipinski definition) is 2. The zero-order valence-electron chi connectivity index (χ0n) is 13.8. The fourth-order valence-electron chi connectivity index (χ4n) is 2.92. The minimum absolute atomic E-state index is 0.120. The van der Waals surface area contributed by atoms with Crippen LogP contribution in [0.25, 0.3) is 0 Å². The molecule has 1 fully saturated rings. The number of benzene rings is 1. The second kappa shape index (κ2) is 5.07. The highest BCUT2D eigenvalue weighted by molar-refractivity contribution is 5.39. The number of hydrogen-bond donors (Lipinski definition) is 1. The van der Waals surface area contributed by atoms with E-state index < -0.39 is 0 Å². The van der Waals surface area contributed by atoms with Crippen molar-refractivity contribution in [3.05, 3.63) is 29.3 Å². The highest BCUT2D eigenvalue weighted by Gasteiger charge is 2.50. The summed E-state index contributed by atoms with van der Waals surface area (Å²) in [6, 6.07) is 6.82. The quantitative estimate of drug-likeness (QED) is 0.898. The smallest absolute Gasteiger partial charge is 0.122 e. The van der Waals surface area contributed by atoms with Gasteiger partial charge in [-0.2, -0.15) is 0 Å². The summed E-state index contributed by atoms with van der Waals surface area (Å²) in [7, 11) is 0. The summed E-state index contributed by atoms with van der Waals surface area (Å²) < 4.78 is 6.25. The first-order valence-corrected chi connectivity index (χ1v) is 7.72. The van der Waals surface area contributed by atoms with Crippen molar-refractivity contribution in [2.75, 3.05) is 0 Å².